The molecule has 90 valence electrons. The van der Waals surface area contributed by atoms with E-state index in [0.29, 0.717) is 0 Å². The molecule has 1 unspecified atom stereocenters. The standard InChI is InChI=1S/C15H19NS/c1-4-13-5-6-14(17-13)15(16)12-8-10(2)7-11(3)9-12/h5-9,15H,4,16H2,1-3H3. The molecule has 2 aromatic rings. The third-order valence-corrected chi connectivity index (χ3v) is 4.25. The van der Waals surface area contributed by atoms with Crippen molar-refractivity contribution >= 4 is 11.3 Å². The molecule has 1 nitrogen and oxygen atoms in total. The molecular weight excluding hydrogens is 226 g/mol. The second-order valence-corrected chi connectivity index (χ2v) is 5.76. The Bertz CT molecular complexity index is 493. The normalized spacial score (nSPS) is 12.7. The number of thiophene rings is 1. The highest BCUT2D eigenvalue weighted by Crippen LogP contribution is 2.28. The second-order valence-electron chi connectivity index (χ2n) is 4.56. The average molecular weight is 245 g/mol. The number of hydrogen-bond acceptors (Lipinski definition) is 2. The quantitative estimate of drug-likeness (QED) is 0.869. The third kappa shape index (κ3) is 2.76. The topological polar surface area (TPSA) is 26.0 Å². The van der Waals surface area contributed by atoms with Gasteiger partial charge in [0.05, 0.1) is 6.04 Å². The molecule has 1 aromatic carbocycles. The van der Waals surface area contributed by atoms with Crippen LogP contribution < -0.4 is 5.73 Å². The van der Waals surface area contributed by atoms with Gasteiger partial charge in [-0.3, -0.25) is 0 Å². The average Bonchev–Trinajstić information content (AvgIpc) is 2.75. The Kier molecular flexibility index (Phi) is 3.65. The molecule has 1 heterocycles. The molecule has 2 rings (SSSR count). The first-order valence-electron chi connectivity index (χ1n) is 6.02. The highest BCUT2D eigenvalue weighted by atomic mass is 32.1. The van der Waals surface area contributed by atoms with E-state index in [1.54, 1.807) is 0 Å². The summed E-state index contributed by atoms with van der Waals surface area (Å²) >= 11 is 1.82. The molecule has 0 aliphatic rings. The van der Waals surface area contributed by atoms with Crippen LogP contribution in [0.15, 0.2) is 30.3 Å². The molecule has 0 fully saturated rings. The van der Waals surface area contributed by atoms with Gasteiger partial charge in [0.1, 0.15) is 0 Å². The number of aryl methyl sites for hydroxylation is 3. The van der Waals surface area contributed by atoms with E-state index in [4.69, 9.17) is 5.73 Å². The lowest BCUT2D eigenvalue weighted by atomic mass is 10.0. The first kappa shape index (κ1) is 12.3. The van der Waals surface area contributed by atoms with Gasteiger partial charge in [0.2, 0.25) is 0 Å². The predicted molar refractivity (Wildman–Crippen MR) is 75.6 cm³/mol. The smallest absolute Gasteiger partial charge is 0.0646 e. The number of rotatable bonds is 3. The van der Waals surface area contributed by atoms with E-state index in [9.17, 15) is 0 Å². The maximum absolute atomic E-state index is 6.33. The summed E-state index contributed by atoms with van der Waals surface area (Å²) in [5, 5.41) is 0. The Labute approximate surface area is 107 Å². The van der Waals surface area contributed by atoms with Gasteiger partial charge < -0.3 is 5.73 Å². The number of benzene rings is 1. The Hall–Kier alpha value is -1.12. The van der Waals surface area contributed by atoms with Crippen molar-refractivity contribution < 1.29 is 0 Å². The zero-order valence-electron chi connectivity index (χ0n) is 10.7. The fourth-order valence-corrected chi connectivity index (χ4v) is 3.09. The van der Waals surface area contributed by atoms with Crippen LogP contribution in [-0.4, -0.2) is 0 Å². The van der Waals surface area contributed by atoms with Crippen LogP contribution in [0.5, 0.6) is 0 Å². The van der Waals surface area contributed by atoms with E-state index in [-0.39, 0.29) is 6.04 Å². The second kappa shape index (κ2) is 5.03. The van der Waals surface area contributed by atoms with Crippen LogP contribution in [-0.2, 0) is 6.42 Å². The minimum absolute atomic E-state index is 0.0129. The summed E-state index contributed by atoms with van der Waals surface area (Å²) in [4.78, 5) is 2.66. The van der Waals surface area contributed by atoms with E-state index in [1.807, 2.05) is 11.3 Å². The summed E-state index contributed by atoms with van der Waals surface area (Å²) in [5.74, 6) is 0. The molecule has 0 amide bonds. The van der Waals surface area contributed by atoms with Crippen molar-refractivity contribution in [3.8, 4) is 0 Å². The zero-order valence-corrected chi connectivity index (χ0v) is 11.5. The molecule has 0 radical (unpaired) electrons. The van der Waals surface area contributed by atoms with Crippen molar-refractivity contribution in [3.05, 3.63) is 56.8 Å². The van der Waals surface area contributed by atoms with Crippen molar-refractivity contribution in [2.45, 2.75) is 33.2 Å². The predicted octanol–water partition coefficient (Wildman–Crippen LogP) is 3.98. The van der Waals surface area contributed by atoms with Crippen molar-refractivity contribution in [3.63, 3.8) is 0 Å². The molecule has 17 heavy (non-hydrogen) atoms. The monoisotopic (exact) mass is 245 g/mol. The molecule has 2 heteroatoms. The first-order valence-corrected chi connectivity index (χ1v) is 6.84. The zero-order chi connectivity index (χ0) is 12.4. The first-order chi connectivity index (χ1) is 8.10. The summed E-state index contributed by atoms with van der Waals surface area (Å²) in [6.07, 6.45) is 1.09. The molecule has 1 atom stereocenters. The van der Waals surface area contributed by atoms with Crippen LogP contribution in [0.1, 0.15) is 39.4 Å². The summed E-state index contributed by atoms with van der Waals surface area (Å²) in [6, 6.07) is 10.9. The van der Waals surface area contributed by atoms with Crippen molar-refractivity contribution in [2.75, 3.05) is 0 Å². The van der Waals surface area contributed by atoms with E-state index in [1.165, 1.54) is 26.4 Å². The van der Waals surface area contributed by atoms with E-state index < -0.39 is 0 Å². The fraction of sp³-hybridized carbons (Fsp3) is 0.333. The number of nitrogens with two attached hydrogens (primary N) is 1. The molecule has 1 aromatic heterocycles. The molecule has 0 aliphatic carbocycles. The van der Waals surface area contributed by atoms with Crippen LogP contribution in [0.2, 0.25) is 0 Å². The highest BCUT2D eigenvalue weighted by molar-refractivity contribution is 7.12. The van der Waals surface area contributed by atoms with Gasteiger partial charge in [-0.05, 0) is 38.0 Å². The lowest BCUT2D eigenvalue weighted by Crippen LogP contribution is -2.10. The SMILES string of the molecule is CCc1ccc(C(N)c2cc(C)cc(C)c2)s1. The summed E-state index contributed by atoms with van der Waals surface area (Å²) in [6.45, 7) is 6.42. The Morgan fingerprint density at radius 1 is 1.12 bits per heavy atom. The van der Waals surface area contributed by atoms with Crippen LogP contribution in [0.4, 0.5) is 0 Å². The Morgan fingerprint density at radius 3 is 2.29 bits per heavy atom. The molecule has 2 N–H and O–H groups in total. The molecular formula is C15H19NS. The maximum Gasteiger partial charge on any atom is 0.0646 e. The lowest BCUT2D eigenvalue weighted by Gasteiger charge is -2.12. The van der Waals surface area contributed by atoms with E-state index in [0.717, 1.165) is 6.42 Å². The van der Waals surface area contributed by atoms with Gasteiger partial charge in [-0.15, -0.1) is 11.3 Å². The van der Waals surface area contributed by atoms with Crippen LogP contribution >= 0.6 is 11.3 Å². The fourth-order valence-electron chi connectivity index (χ4n) is 2.11. The van der Waals surface area contributed by atoms with Gasteiger partial charge in [0, 0.05) is 9.75 Å². The molecule has 0 saturated heterocycles. The molecule has 0 aliphatic heterocycles. The highest BCUT2D eigenvalue weighted by Gasteiger charge is 2.11. The Morgan fingerprint density at radius 2 is 1.76 bits per heavy atom. The summed E-state index contributed by atoms with van der Waals surface area (Å²) in [7, 11) is 0. The molecule has 0 saturated carbocycles. The van der Waals surface area contributed by atoms with Gasteiger partial charge in [0.15, 0.2) is 0 Å². The largest absolute Gasteiger partial charge is 0.320 e. The van der Waals surface area contributed by atoms with Gasteiger partial charge >= 0.3 is 0 Å². The van der Waals surface area contributed by atoms with Gasteiger partial charge in [0.25, 0.3) is 0 Å². The molecule has 0 spiro atoms. The van der Waals surface area contributed by atoms with Crippen molar-refractivity contribution in [2.24, 2.45) is 5.73 Å². The van der Waals surface area contributed by atoms with Gasteiger partial charge in [-0.2, -0.15) is 0 Å². The lowest BCUT2D eigenvalue weighted by molar-refractivity contribution is 0.889. The maximum atomic E-state index is 6.33. The van der Waals surface area contributed by atoms with Gasteiger partial charge in [-0.1, -0.05) is 36.2 Å². The van der Waals surface area contributed by atoms with Crippen molar-refractivity contribution in [1.29, 1.82) is 0 Å². The summed E-state index contributed by atoms with van der Waals surface area (Å²) < 4.78 is 0. The number of hydrogen-bond donors (Lipinski definition) is 1. The van der Waals surface area contributed by atoms with Crippen molar-refractivity contribution in [1.82, 2.24) is 0 Å². The summed E-state index contributed by atoms with van der Waals surface area (Å²) in [5.41, 5.74) is 10.1. The van der Waals surface area contributed by atoms with E-state index >= 15 is 0 Å². The van der Waals surface area contributed by atoms with Crippen LogP contribution in [0.25, 0.3) is 0 Å². The van der Waals surface area contributed by atoms with Crippen LogP contribution in [0, 0.1) is 13.8 Å². The minimum Gasteiger partial charge on any atom is -0.320 e. The van der Waals surface area contributed by atoms with Crippen LogP contribution in [0.3, 0.4) is 0 Å². The van der Waals surface area contributed by atoms with E-state index in [2.05, 4.69) is 51.1 Å². The third-order valence-electron chi connectivity index (χ3n) is 2.94. The van der Waals surface area contributed by atoms with Gasteiger partial charge in [-0.25, -0.2) is 0 Å². The molecule has 0 bridgehead atoms. The Balaban J connectivity index is 2.32. The minimum atomic E-state index is 0.0129.